The lowest BCUT2D eigenvalue weighted by atomic mass is 10.2. The molecule has 0 saturated carbocycles. The number of hydrogen-bond acceptors (Lipinski definition) is 3. The van der Waals surface area contributed by atoms with Crippen LogP contribution >= 0.6 is 11.3 Å². The lowest BCUT2D eigenvalue weighted by Gasteiger charge is -1.95. The molecule has 0 atom stereocenters. The molecule has 0 amide bonds. The van der Waals surface area contributed by atoms with E-state index in [4.69, 9.17) is 0 Å². The van der Waals surface area contributed by atoms with Gasteiger partial charge in [-0.15, -0.1) is 11.3 Å². The minimum Gasteiger partial charge on any atom is -0.264 e. The summed E-state index contributed by atoms with van der Waals surface area (Å²) in [6.45, 7) is 0. The van der Waals surface area contributed by atoms with Gasteiger partial charge in [0.1, 0.15) is 0 Å². The number of fused-ring (bicyclic) bond motifs is 3. The van der Waals surface area contributed by atoms with E-state index < -0.39 is 0 Å². The second kappa shape index (κ2) is 2.50. The fourth-order valence-corrected chi connectivity index (χ4v) is 2.29. The Labute approximate surface area is 78.9 Å². The first kappa shape index (κ1) is 6.97. The van der Waals surface area contributed by atoms with Crippen LogP contribution in [-0.4, -0.2) is 9.97 Å². The third-order valence-corrected chi connectivity index (χ3v) is 2.99. The van der Waals surface area contributed by atoms with Crippen molar-refractivity contribution >= 4 is 32.3 Å². The Morgan fingerprint density at radius 3 is 3.15 bits per heavy atom. The van der Waals surface area contributed by atoms with Crippen molar-refractivity contribution < 1.29 is 0 Å². The molecule has 0 fully saturated rings. The van der Waals surface area contributed by atoms with Gasteiger partial charge in [-0.2, -0.15) is 0 Å². The highest BCUT2D eigenvalue weighted by molar-refractivity contribution is 7.17. The molecule has 0 spiro atoms. The van der Waals surface area contributed by atoms with Crippen LogP contribution in [0.3, 0.4) is 0 Å². The minimum absolute atomic E-state index is 1.06. The first-order chi connectivity index (χ1) is 6.45. The molecule has 3 heteroatoms. The summed E-state index contributed by atoms with van der Waals surface area (Å²) in [5.41, 5.74) is 2.93. The highest BCUT2D eigenvalue weighted by Crippen LogP contribution is 2.26. The molecule has 0 aliphatic rings. The van der Waals surface area contributed by atoms with Crippen molar-refractivity contribution in [2.24, 2.45) is 0 Å². The van der Waals surface area contributed by atoms with Crippen LogP contribution in [-0.2, 0) is 0 Å². The minimum atomic E-state index is 1.06. The number of benzene rings is 1. The summed E-state index contributed by atoms with van der Waals surface area (Å²) < 4.78 is 1.23. The second-order valence-corrected chi connectivity index (χ2v) is 3.72. The van der Waals surface area contributed by atoms with Gasteiger partial charge in [-0.3, -0.25) is 4.98 Å². The van der Waals surface area contributed by atoms with Crippen LogP contribution in [0.15, 0.2) is 36.1 Å². The molecule has 2 aromatic heterocycles. The van der Waals surface area contributed by atoms with Gasteiger partial charge in [-0.05, 0) is 17.5 Å². The summed E-state index contributed by atoms with van der Waals surface area (Å²) in [6.07, 6.45) is 3.71. The van der Waals surface area contributed by atoms with E-state index in [0.29, 0.717) is 0 Å². The fraction of sp³-hybridized carbons (Fsp3) is 0. The van der Waals surface area contributed by atoms with Crippen LogP contribution in [0.2, 0.25) is 0 Å². The lowest BCUT2D eigenvalue weighted by molar-refractivity contribution is 1.37. The number of nitrogens with zero attached hydrogens (tertiary/aromatic N) is 2. The summed E-state index contributed by atoms with van der Waals surface area (Å²) in [7, 11) is 0. The molecule has 0 unspecified atom stereocenters. The van der Waals surface area contributed by atoms with Crippen molar-refractivity contribution in [2.75, 3.05) is 0 Å². The van der Waals surface area contributed by atoms with Gasteiger partial charge in [0.05, 0.1) is 15.7 Å². The van der Waals surface area contributed by atoms with Crippen molar-refractivity contribution in [3.8, 4) is 0 Å². The molecule has 0 aliphatic heterocycles. The van der Waals surface area contributed by atoms with Gasteiger partial charge in [0, 0.05) is 17.8 Å². The maximum absolute atomic E-state index is 4.26. The third kappa shape index (κ3) is 0.939. The van der Waals surface area contributed by atoms with Crippen molar-refractivity contribution in [1.82, 2.24) is 9.97 Å². The Morgan fingerprint density at radius 1 is 1.15 bits per heavy atom. The van der Waals surface area contributed by atoms with Crippen LogP contribution in [0.1, 0.15) is 0 Å². The zero-order valence-corrected chi connectivity index (χ0v) is 7.58. The van der Waals surface area contributed by atoms with Crippen LogP contribution in [0.25, 0.3) is 21.0 Å². The normalized spacial score (nSPS) is 11.1. The summed E-state index contributed by atoms with van der Waals surface area (Å²) in [4.78, 5) is 8.38. The number of aromatic nitrogens is 2. The van der Waals surface area contributed by atoms with E-state index in [-0.39, 0.29) is 0 Å². The molecule has 0 radical (unpaired) electrons. The highest BCUT2D eigenvalue weighted by atomic mass is 32.1. The summed E-state index contributed by atoms with van der Waals surface area (Å²) in [5.74, 6) is 0. The molecule has 2 nitrogen and oxygen atoms in total. The second-order valence-electron chi connectivity index (χ2n) is 2.86. The third-order valence-electron chi connectivity index (χ3n) is 2.12. The number of pyridine rings is 1. The number of hydrogen-bond donors (Lipinski definition) is 0. The quantitative estimate of drug-likeness (QED) is 0.539. The molecule has 3 aromatic rings. The van der Waals surface area contributed by atoms with Crippen LogP contribution in [0.4, 0.5) is 0 Å². The van der Waals surface area contributed by atoms with Crippen LogP contribution < -0.4 is 0 Å². The number of thiazole rings is 1. The first-order valence-electron chi connectivity index (χ1n) is 4.01. The van der Waals surface area contributed by atoms with Crippen molar-refractivity contribution in [2.45, 2.75) is 0 Å². The zero-order chi connectivity index (χ0) is 8.67. The Bertz CT molecular complexity index is 571. The summed E-state index contributed by atoms with van der Waals surface area (Å²) in [5, 5.41) is 2.43. The molecule has 13 heavy (non-hydrogen) atoms. The van der Waals surface area contributed by atoms with E-state index in [2.05, 4.69) is 16.0 Å². The Morgan fingerprint density at radius 2 is 2.15 bits per heavy atom. The molecule has 3 rings (SSSR count). The SMILES string of the molecule is c1cc2ccc3ncsc3c2cn1. The first-order valence-corrected chi connectivity index (χ1v) is 4.89. The number of rotatable bonds is 0. The van der Waals surface area contributed by atoms with Crippen molar-refractivity contribution in [1.29, 1.82) is 0 Å². The lowest BCUT2D eigenvalue weighted by Crippen LogP contribution is -1.75. The fourth-order valence-electron chi connectivity index (χ4n) is 1.48. The van der Waals surface area contributed by atoms with E-state index in [1.54, 1.807) is 11.3 Å². The predicted molar refractivity (Wildman–Crippen MR) is 54.9 cm³/mol. The largest absolute Gasteiger partial charge is 0.264 e. The molecule has 2 heterocycles. The Balaban J connectivity index is 2.65. The van der Waals surface area contributed by atoms with Gasteiger partial charge in [0.2, 0.25) is 0 Å². The van der Waals surface area contributed by atoms with Crippen molar-refractivity contribution in [3.63, 3.8) is 0 Å². The molecule has 0 saturated heterocycles. The van der Waals surface area contributed by atoms with E-state index in [1.165, 1.54) is 15.5 Å². The van der Waals surface area contributed by atoms with Gasteiger partial charge in [-0.25, -0.2) is 4.98 Å². The molecule has 0 aliphatic carbocycles. The maximum Gasteiger partial charge on any atom is 0.0819 e. The zero-order valence-electron chi connectivity index (χ0n) is 6.77. The molecule has 0 bridgehead atoms. The monoisotopic (exact) mass is 186 g/mol. The summed E-state index contributed by atoms with van der Waals surface area (Å²) >= 11 is 1.67. The van der Waals surface area contributed by atoms with Crippen LogP contribution in [0, 0.1) is 0 Å². The van der Waals surface area contributed by atoms with Gasteiger partial charge in [-0.1, -0.05) is 6.07 Å². The molecule has 1 aromatic carbocycles. The molecule has 0 N–H and O–H groups in total. The molecular formula is C10H6N2S. The highest BCUT2D eigenvalue weighted by Gasteiger charge is 2.01. The molecule has 62 valence electrons. The Kier molecular flexibility index (Phi) is 1.34. The standard InChI is InChI=1S/C10H6N2S/c1-2-9-10(13-6-12-9)8-5-11-4-3-7(1)8/h1-6H. The maximum atomic E-state index is 4.26. The van der Waals surface area contributed by atoms with E-state index >= 15 is 0 Å². The average molecular weight is 186 g/mol. The van der Waals surface area contributed by atoms with E-state index in [9.17, 15) is 0 Å². The smallest absolute Gasteiger partial charge is 0.0819 e. The predicted octanol–water partition coefficient (Wildman–Crippen LogP) is 2.84. The average Bonchev–Trinajstić information content (AvgIpc) is 2.65. The van der Waals surface area contributed by atoms with Crippen LogP contribution in [0.5, 0.6) is 0 Å². The Hall–Kier alpha value is -1.48. The van der Waals surface area contributed by atoms with Gasteiger partial charge in [0.15, 0.2) is 0 Å². The summed E-state index contributed by atoms with van der Waals surface area (Å²) in [6, 6.07) is 6.15. The van der Waals surface area contributed by atoms with Gasteiger partial charge in [0.25, 0.3) is 0 Å². The topological polar surface area (TPSA) is 25.8 Å². The van der Waals surface area contributed by atoms with E-state index in [1.807, 2.05) is 30.0 Å². The van der Waals surface area contributed by atoms with Gasteiger partial charge >= 0.3 is 0 Å². The van der Waals surface area contributed by atoms with E-state index in [0.717, 1.165) is 5.52 Å². The van der Waals surface area contributed by atoms with Gasteiger partial charge < -0.3 is 0 Å². The van der Waals surface area contributed by atoms with Crippen molar-refractivity contribution in [3.05, 3.63) is 36.1 Å². The molecular weight excluding hydrogens is 180 g/mol.